The third-order valence-electron chi connectivity index (χ3n) is 1.32. The Morgan fingerprint density at radius 3 is 1.87 bits per heavy atom. The van der Waals surface area contributed by atoms with Crippen molar-refractivity contribution in [2.24, 2.45) is 5.73 Å². The minimum Gasteiger partial charge on any atom is -0.379 e. The van der Waals surface area contributed by atoms with Gasteiger partial charge in [-0.2, -0.15) is 13.2 Å². The van der Waals surface area contributed by atoms with Gasteiger partial charge in [0.25, 0.3) is 0 Å². The van der Waals surface area contributed by atoms with Crippen LogP contribution in [0.3, 0.4) is 0 Å². The second-order valence-corrected chi connectivity index (χ2v) is 4.06. The molecule has 0 amide bonds. The largest absolute Gasteiger partial charge is 0.411 e. The van der Waals surface area contributed by atoms with Crippen molar-refractivity contribution in [1.29, 1.82) is 0 Å². The average Bonchev–Trinajstić information content (AvgIpc) is 1.98. The zero-order valence-corrected chi connectivity index (χ0v) is 9.06. The third-order valence-corrected chi connectivity index (χ3v) is 1.32. The van der Waals surface area contributed by atoms with Crippen LogP contribution in [0.4, 0.5) is 13.2 Å². The highest BCUT2D eigenvalue weighted by atomic mass is 19.4. The van der Waals surface area contributed by atoms with Gasteiger partial charge in [0.05, 0.1) is 6.61 Å². The Hall–Kier alpha value is -0.330. The quantitative estimate of drug-likeness (QED) is 0.676. The molecule has 0 aromatic heterocycles. The van der Waals surface area contributed by atoms with Crippen LogP contribution in [0.1, 0.15) is 20.3 Å². The van der Waals surface area contributed by atoms with Gasteiger partial charge < -0.3 is 15.2 Å². The summed E-state index contributed by atoms with van der Waals surface area (Å²) in [7, 11) is 0. The van der Waals surface area contributed by atoms with Gasteiger partial charge in [-0.15, -0.1) is 0 Å². The molecule has 6 heteroatoms. The molecule has 0 heterocycles. The molecule has 92 valence electrons. The van der Waals surface area contributed by atoms with Crippen LogP contribution in [0.15, 0.2) is 0 Å². The SMILES string of the molecule is CC(C)(N)COCCCOCC(F)(F)F. The van der Waals surface area contributed by atoms with Crippen molar-refractivity contribution in [1.82, 2.24) is 0 Å². The smallest absolute Gasteiger partial charge is 0.379 e. The summed E-state index contributed by atoms with van der Waals surface area (Å²) in [6.07, 6.45) is -3.81. The van der Waals surface area contributed by atoms with Crippen molar-refractivity contribution in [3.8, 4) is 0 Å². The molecule has 0 aromatic carbocycles. The van der Waals surface area contributed by atoms with Crippen molar-refractivity contribution in [2.45, 2.75) is 32.0 Å². The molecule has 2 N–H and O–H groups in total. The number of alkyl halides is 3. The van der Waals surface area contributed by atoms with E-state index in [-0.39, 0.29) is 6.61 Å². The van der Waals surface area contributed by atoms with E-state index in [0.717, 1.165) is 0 Å². The summed E-state index contributed by atoms with van der Waals surface area (Å²) in [6, 6.07) is 0. The van der Waals surface area contributed by atoms with Crippen molar-refractivity contribution in [2.75, 3.05) is 26.4 Å². The topological polar surface area (TPSA) is 44.5 Å². The fraction of sp³-hybridized carbons (Fsp3) is 1.00. The van der Waals surface area contributed by atoms with Gasteiger partial charge in [-0.3, -0.25) is 0 Å². The van der Waals surface area contributed by atoms with Gasteiger partial charge in [-0.1, -0.05) is 0 Å². The van der Waals surface area contributed by atoms with Crippen molar-refractivity contribution in [3.05, 3.63) is 0 Å². The average molecular weight is 229 g/mol. The predicted molar refractivity (Wildman–Crippen MR) is 50.6 cm³/mol. The predicted octanol–water partition coefficient (Wildman–Crippen LogP) is 1.71. The van der Waals surface area contributed by atoms with Gasteiger partial charge in [-0.25, -0.2) is 0 Å². The zero-order valence-electron chi connectivity index (χ0n) is 9.06. The molecule has 0 rings (SSSR count). The summed E-state index contributed by atoms with van der Waals surface area (Å²) in [5, 5.41) is 0. The lowest BCUT2D eigenvalue weighted by atomic mass is 10.1. The first-order valence-electron chi connectivity index (χ1n) is 4.72. The number of hydrogen-bond acceptors (Lipinski definition) is 3. The number of rotatable bonds is 7. The van der Waals surface area contributed by atoms with Crippen LogP contribution in [0.5, 0.6) is 0 Å². The van der Waals surface area contributed by atoms with E-state index in [0.29, 0.717) is 19.6 Å². The first-order chi connectivity index (χ1) is 6.71. The maximum atomic E-state index is 11.6. The van der Waals surface area contributed by atoms with Gasteiger partial charge in [0.2, 0.25) is 0 Å². The molecule has 0 aliphatic carbocycles. The fourth-order valence-electron chi connectivity index (χ4n) is 0.786. The lowest BCUT2D eigenvalue weighted by Gasteiger charge is -2.18. The second-order valence-electron chi connectivity index (χ2n) is 4.06. The van der Waals surface area contributed by atoms with E-state index in [2.05, 4.69) is 4.74 Å². The number of nitrogens with two attached hydrogens (primary N) is 1. The lowest BCUT2D eigenvalue weighted by Crippen LogP contribution is -2.37. The zero-order chi connectivity index (χ0) is 11.9. The maximum Gasteiger partial charge on any atom is 0.411 e. The molecule has 3 nitrogen and oxygen atoms in total. The summed E-state index contributed by atoms with van der Waals surface area (Å²) in [4.78, 5) is 0. The Bertz CT molecular complexity index is 148. The number of ether oxygens (including phenoxy) is 2. The van der Waals surface area contributed by atoms with Crippen LogP contribution in [0.25, 0.3) is 0 Å². The molecule has 0 aromatic rings. The summed E-state index contributed by atoms with van der Waals surface area (Å²) in [5.41, 5.74) is 5.22. The van der Waals surface area contributed by atoms with E-state index in [1.54, 1.807) is 0 Å². The van der Waals surface area contributed by atoms with Crippen molar-refractivity contribution < 1.29 is 22.6 Å². The summed E-state index contributed by atoms with van der Waals surface area (Å²) in [5.74, 6) is 0. The Morgan fingerprint density at radius 1 is 1.00 bits per heavy atom. The fourth-order valence-corrected chi connectivity index (χ4v) is 0.786. The molecule has 0 fully saturated rings. The highest BCUT2D eigenvalue weighted by Gasteiger charge is 2.27. The van der Waals surface area contributed by atoms with Crippen molar-refractivity contribution >= 4 is 0 Å². The van der Waals surface area contributed by atoms with Crippen LogP contribution in [0, 0.1) is 0 Å². The first kappa shape index (κ1) is 14.7. The van der Waals surface area contributed by atoms with E-state index in [9.17, 15) is 13.2 Å². The molecule has 15 heavy (non-hydrogen) atoms. The van der Waals surface area contributed by atoms with Crippen LogP contribution in [0.2, 0.25) is 0 Å². The van der Waals surface area contributed by atoms with Crippen LogP contribution >= 0.6 is 0 Å². The van der Waals surface area contributed by atoms with Crippen molar-refractivity contribution in [3.63, 3.8) is 0 Å². The van der Waals surface area contributed by atoms with Crippen LogP contribution in [-0.4, -0.2) is 38.1 Å². The minimum absolute atomic E-state index is 0.0461. The highest BCUT2D eigenvalue weighted by molar-refractivity contribution is 4.69. The van der Waals surface area contributed by atoms with E-state index in [4.69, 9.17) is 10.5 Å². The normalized spacial score (nSPS) is 13.2. The lowest BCUT2D eigenvalue weighted by molar-refractivity contribution is -0.174. The van der Waals surface area contributed by atoms with Gasteiger partial charge in [0, 0.05) is 18.8 Å². The molecule has 0 unspecified atom stereocenters. The highest BCUT2D eigenvalue weighted by Crippen LogP contribution is 2.14. The molecule has 0 saturated heterocycles. The van der Waals surface area contributed by atoms with Crippen LogP contribution in [-0.2, 0) is 9.47 Å². The Morgan fingerprint density at radius 2 is 1.47 bits per heavy atom. The van der Waals surface area contributed by atoms with E-state index < -0.39 is 18.3 Å². The Balaban J connectivity index is 3.20. The number of halogens is 3. The maximum absolute atomic E-state index is 11.6. The van der Waals surface area contributed by atoms with E-state index in [1.807, 2.05) is 13.8 Å². The van der Waals surface area contributed by atoms with Gasteiger partial charge in [-0.05, 0) is 20.3 Å². The van der Waals surface area contributed by atoms with Gasteiger partial charge in [0.1, 0.15) is 6.61 Å². The monoisotopic (exact) mass is 229 g/mol. The Kier molecular flexibility index (Phi) is 6.16. The minimum atomic E-state index is -4.25. The summed E-state index contributed by atoms with van der Waals surface area (Å²) >= 11 is 0. The molecule has 0 aliphatic heterocycles. The standard InChI is InChI=1S/C9H18F3NO2/c1-8(2,13)6-14-4-3-5-15-7-9(10,11)12/h3-7,13H2,1-2H3. The Labute approximate surface area is 87.7 Å². The molecule has 0 aliphatic rings. The molecular formula is C9H18F3NO2. The third kappa shape index (κ3) is 13.7. The molecule has 0 radical (unpaired) electrons. The van der Waals surface area contributed by atoms with E-state index in [1.165, 1.54) is 0 Å². The molecule has 0 bridgehead atoms. The molecule has 0 saturated carbocycles. The molecule has 0 spiro atoms. The van der Waals surface area contributed by atoms with Crippen LogP contribution < -0.4 is 5.73 Å². The number of hydrogen-bond donors (Lipinski definition) is 1. The first-order valence-corrected chi connectivity index (χ1v) is 4.72. The second kappa shape index (κ2) is 6.30. The van der Waals surface area contributed by atoms with E-state index >= 15 is 0 Å². The van der Waals surface area contributed by atoms with Gasteiger partial charge >= 0.3 is 6.18 Å². The molecule has 0 atom stereocenters. The van der Waals surface area contributed by atoms with Gasteiger partial charge in [0.15, 0.2) is 0 Å². The summed E-state index contributed by atoms with van der Waals surface area (Å²) in [6.45, 7) is 3.21. The molecular weight excluding hydrogens is 211 g/mol. The summed E-state index contributed by atoms with van der Waals surface area (Å²) < 4.78 is 44.4.